The molecule has 152 valence electrons. The van der Waals surface area contributed by atoms with Gasteiger partial charge in [-0.25, -0.2) is 4.39 Å². The second-order valence-electron chi connectivity index (χ2n) is 7.21. The third kappa shape index (κ3) is 3.39. The third-order valence-electron chi connectivity index (χ3n) is 5.33. The normalized spacial score (nSPS) is 17.5. The molecule has 0 fully saturated rings. The summed E-state index contributed by atoms with van der Waals surface area (Å²) in [5.41, 5.74) is 6.46. The molecule has 0 spiro atoms. The van der Waals surface area contributed by atoms with Crippen molar-refractivity contribution in [2.75, 3.05) is 6.61 Å². The highest BCUT2D eigenvalue weighted by atomic mass is 19.1. The van der Waals surface area contributed by atoms with Crippen LogP contribution in [0.1, 0.15) is 44.0 Å². The van der Waals surface area contributed by atoms with Crippen molar-refractivity contribution in [3.05, 3.63) is 94.6 Å². The Morgan fingerprint density at radius 1 is 1.13 bits per heavy atom. The number of pyridine rings is 1. The van der Waals surface area contributed by atoms with Gasteiger partial charge in [-0.15, -0.1) is 0 Å². The maximum Gasteiger partial charge on any atom is 0.252 e. The Labute approximate surface area is 172 Å². The maximum absolute atomic E-state index is 14.5. The lowest BCUT2D eigenvalue weighted by Gasteiger charge is -2.39. The molecule has 7 heteroatoms. The zero-order valence-corrected chi connectivity index (χ0v) is 16.3. The summed E-state index contributed by atoms with van der Waals surface area (Å²) in [4.78, 5) is 28.9. The number of carbonyl (C=O) groups is 2. The fraction of sp³-hybridized carbons (Fsp3) is 0.174. The molecular formula is C23H20FN3O3. The Balaban J connectivity index is 1.80. The van der Waals surface area contributed by atoms with E-state index >= 15 is 0 Å². The molecule has 1 aliphatic heterocycles. The van der Waals surface area contributed by atoms with E-state index in [4.69, 9.17) is 10.5 Å². The van der Waals surface area contributed by atoms with Crippen molar-refractivity contribution < 1.29 is 18.7 Å². The molecule has 0 saturated carbocycles. The van der Waals surface area contributed by atoms with Crippen LogP contribution in [-0.4, -0.2) is 23.4 Å². The van der Waals surface area contributed by atoms with Gasteiger partial charge in [0.25, 0.3) is 5.91 Å². The molecule has 1 atom stereocenters. The van der Waals surface area contributed by atoms with Crippen LogP contribution in [0.3, 0.4) is 0 Å². The van der Waals surface area contributed by atoms with Crippen LogP contribution in [0.2, 0.25) is 0 Å². The first kappa shape index (κ1) is 19.6. The van der Waals surface area contributed by atoms with Crippen LogP contribution in [0.25, 0.3) is 0 Å². The predicted octanol–water partition coefficient (Wildman–Crippen LogP) is 3.08. The van der Waals surface area contributed by atoms with Crippen LogP contribution >= 0.6 is 0 Å². The lowest BCUT2D eigenvalue weighted by molar-refractivity contribution is 0.0882. The Bertz CT molecular complexity index is 1130. The number of carbonyl (C=O) groups excluding carboxylic acids is 2. The largest absolute Gasteiger partial charge is 0.491 e. The van der Waals surface area contributed by atoms with E-state index < -0.39 is 11.4 Å². The summed E-state index contributed by atoms with van der Waals surface area (Å²) in [7, 11) is 0. The molecule has 3 aromatic rings. The smallest absolute Gasteiger partial charge is 0.252 e. The van der Waals surface area contributed by atoms with E-state index in [0.717, 1.165) is 0 Å². The molecule has 6 nitrogen and oxygen atoms in total. The van der Waals surface area contributed by atoms with Crippen LogP contribution in [0.15, 0.2) is 60.8 Å². The van der Waals surface area contributed by atoms with Gasteiger partial charge in [0.05, 0.1) is 6.61 Å². The number of benzene rings is 2. The van der Waals surface area contributed by atoms with Gasteiger partial charge in [-0.2, -0.15) is 0 Å². The van der Waals surface area contributed by atoms with Gasteiger partial charge in [-0.1, -0.05) is 12.1 Å². The Morgan fingerprint density at radius 3 is 2.57 bits per heavy atom. The number of rotatable bonds is 4. The second-order valence-corrected chi connectivity index (χ2v) is 7.21. The van der Waals surface area contributed by atoms with Crippen LogP contribution in [0.5, 0.6) is 5.75 Å². The van der Waals surface area contributed by atoms with Crippen molar-refractivity contribution in [3.8, 4) is 5.75 Å². The first-order valence-corrected chi connectivity index (χ1v) is 9.48. The van der Waals surface area contributed by atoms with Crippen molar-refractivity contribution >= 4 is 11.8 Å². The molecule has 2 amide bonds. The van der Waals surface area contributed by atoms with Crippen molar-refractivity contribution in [1.29, 1.82) is 0 Å². The molecule has 0 bridgehead atoms. The Kier molecular flexibility index (Phi) is 4.95. The van der Waals surface area contributed by atoms with Gasteiger partial charge in [0.2, 0.25) is 5.91 Å². The van der Waals surface area contributed by atoms with Gasteiger partial charge in [0, 0.05) is 23.7 Å². The number of nitrogens with two attached hydrogens (primary N) is 1. The maximum atomic E-state index is 14.5. The number of aromatic nitrogens is 1. The van der Waals surface area contributed by atoms with E-state index in [1.165, 1.54) is 30.3 Å². The molecule has 0 radical (unpaired) electrons. The summed E-state index contributed by atoms with van der Waals surface area (Å²) >= 11 is 0. The average molecular weight is 405 g/mol. The Hall–Kier alpha value is -3.74. The van der Waals surface area contributed by atoms with Gasteiger partial charge in [0.1, 0.15) is 22.8 Å². The van der Waals surface area contributed by atoms with Gasteiger partial charge >= 0.3 is 0 Å². The van der Waals surface area contributed by atoms with Crippen molar-refractivity contribution in [2.24, 2.45) is 5.73 Å². The van der Waals surface area contributed by atoms with E-state index in [1.807, 2.05) is 0 Å². The summed E-state index contributed by atoms with van der Waals surface area (Å²) in [6.07, 6.45) is 1.99. The number of ether oxygens (including phenoxy) is 1. The van der Waals surface area contributed by atoms with Crippen LogP contribution in [-0.2, 0) is 5.54 Å². The molecule has 4 rings (SSSR count). The van der Waals surface area contributed by atoms with Gasteiger partial charge in [-0.3, -0.25) is 14.6 Å². The number of halogens is 1. The van der Waals surface area contributed by atoms with Crippen LogP contribution < -0.4 is 15.8 Å². The fourth-order valence-electron chi connectivity index (χ4n) is 3.65. The molecule has 3 N–H and O–H groups in total. The number of amides is 2. The monoisotopic (exact) mass is 405 g/mol. The number of primary amides is 1. The number of nitrogens with zero attached hydrogens (tertiary/aromatic N) is 1. The molecule has 1 aromatic heterocycles. The number of fused-ring (bicyclic) bond motifs is 1. The lowest BCUT2D eigenvalue weighted by Crippen LogP contribution is -2.50. The third-order valence-corrected chi connectivity index (χ3v) is 5.33. The van der Waals surface area contributed by atoms with E-state index in [9.17, 15) is 14.0 Å². The summed E-state index contributed by atoms with van der Waals surface area (Å²) < 4.78 is 20.2. The highest BCUT2D eigenvalue weighted by Crippen LogP contribution is 2.41. The number of hydrogen-bond donors (Lipinski definition) is 2. The van der Waals surface area contributed by atoms with E-state index in [0.29, 0.717) is 46.7 Å². The first-order chi connectivity index (χ1) is 14.4. The number of aryl methyl sites for hydroxylation is 1. The molecule has 0 saturated heterocycles. The minimum Gasteiger partial charge on any atom is -0.491 e. The van der Waals surface area contributed by atoms with Crippen molar-refractivity contribution in [3.63, 3.8) is 0 Å². The molecule has 0 aliphatic carbocycles. The van der Waals surface area contributed by atoms with Gasteiger partial charge in [-0.05, 0) is 60.5 Å². The zero-order valence-electron chi connectivity index (χ0n) is 16.3. The summed E-state index contributed by atoms with van der Waals surface area (Å²) in [6.45, 7) is 2.01. The van der Waals surface area contributed by atoms with E-state index in [-0.39, 0.29) is 11.7 Å². The van der Waals surface area contributed by atoms with Gasteiger partial charge < -0.3 is 15.8 Å². The molecular weight excluding hydrogens is 385 g/mol. The van der Waals surface area contributed by atoms with E-state index in [2.05, 4.69) is 10.3 Å². The molecule has 2 aromatic carbocycles. The van der Waals surface area contributed by atoms with Crippen molar-refractivity contribution in [1.82, 2.24) is 10.3 Å². The second kappa shape index (κ2) is 7.59. The summed E-state index contributed by atoms with van der Waals surface area (Å²) in [5, 5.41) is 3.05. The molecule has 30 heavy (non-hydrogen) atoms. The number of nitrogens with one attached hydrogen (secondary N) is 1. The quantitative estimate of drug-likeness (QED) is 0.697. The van der Waals surface area contributed by atoms with Crippen LogP contribution in [0, 0.1) is 12.7 Å². The number of hydrogen-bond acceptors (Lipinski definition) is 4. The van der Waals surface area contributed by atoms with E-state index in [1.54, 1.807) is 37.4 Å². The first-order valence-electron chi connectivity index (χ1n) is 9.48. The average Bonchev–Trinajstić information content (AvgIpc) is 2.76. The van der Waals surface area contributed by atoms with Crippen molar-refractivity contribution in [2.45, 2.75) is 18.9 Å². The molecule has 1 aliphatic rings. The van der Waals surface area contributed by atoms with Crippen LogP contribution in [0.4, 0.5) is 4.39 Å². The SMILES string of the molecule is Cc1ccc([C@@]2(NC(=O)c3ccc(C(N)=O)cc3)CCOc3cccnc32)cc1F. The topological polar surface area (TPSA) is 94.3 Å². The van der Waals surface area contributed by atoms with Gasteiger partial charge in [0.15, 0.2) is 0 Å². The molecule has 0 unspecified atom stereocenters. The highest BCUT2D eigenvalue weighted by Gasteiger charge is 2.42. The summed E-state index contributed by atoms with van der Waals surface area (Å²) in [6, 6.07) is 14.4. The summed E-state index contributed by atoms with van der Waals surface area (Å²) in [5.74, 6) is -0.786. The fourth-order valence-corrected chi connectivity index (χ4v) is 3.65. The highest BCUT2D eigenvalue weighted by molar-refractivity contribution is 5.97. The Morgan fingerprint density at radius 2 is 1.87 bits per heavy atom. The lowest BCUT2D eigenvalue weighted by atomic mass is 9.80. The minimum absolute atomic E-state index is 0.306. The molecule has 2 heterocycles. The predicted molar refractivity (Wildman–Crippen MR) is 109 cm³/mol. The standard InChI is InChI=1S/C23H20FN3O3/c1-14-4-9-17(13-18(14)24)23(10-12-30-19-3-2-11-26-20(19)23)27-22(29)16-7-5-15(6-8-16)21(25)28/h2-9,11,13H,10,12H2,1H3,(H2,25,28)(H,27,29)/t23-/m0/s1. The minimum atomic E-state index is -1.07. The zero-order chi connectivity index (χ0) is 21.3.